The van der Waals surface area contributed by atoms with Crippen LogP contribution in [0.4, 0.5) is 30.7 Å². The summed E-state index contributed by atoms with van der Waals surface area (Å²) in [5.74, 6) is -10.3. The Hall–Kier alpha value is -10.5. The van der Waals surface area contributed by atoms with Crippen LogP contribution < -0.4 is 16.7 Å². The monoisotopic (exact) mass is 1640 g/mol. The number of halogens is 10. The van der Waals surface area contributed by atoms with Gasteiger partial charge in [0, 0.05) is 94.6 Å². The van der Waals surface area contributed by atoms with Crippen molar-refractivity contribution in [3.63, 3.8) is 0 Å². The SMILES string of the molecule is Cc1cnc(C(F)(F)C(O)c2cc(C)n(-c3cc(-c4ccnc(C(C)(C)O)n4)ncc3C)c(=O)c2Cl)c(F)c1.Cc1cnc(C(O)C(F)(F)c2cc(C)n(-c3cc(-c4ccnc(C(C)(C)O)n4)ncc3C)c(=O)c2Cl)c(F)c1.Cc1cnc(CSc2cc(C)n(-c3cc(-c4ccnc(C(C)(C)O)n4)ncc3C)c(=O)c2Cl)c(F)c1. The van der Waals surface area contributed by atoms with Gasteiger partial charge in [-0.15, -0.1) is 11.8 Å². The number of alkyl halides is 4. The first kappa shape index (κ1) is 85.9. The molecule has 594 valence electrons. The van der Waals surface area contributed by atoms with Gasteiger partial charge in [0.05, 0.1) is 56.9 Å². The highest BCUT2D eigenvalue weighted by molar-refractivity contribution is 7.98. The van der Waals surface area contributed by atoms with Crippen molar-refractivity contribution >= 4 is 46.6 Å². The smallest absolute Gasteiger partial charge is 0.321 e. The maximum absolute atomic E-state index is 15.4. The van der Waals surface area contributed by atoms with E-state index in [-0.39, 0.29) is 45.5 Å². The molecule has 34 heteroatoms. The van der Waals surface area contributed by atoms with E-state index < -0.39 is 102 Å². The molecule has 0 aliphatic carbocycles. The van der Waals surface area contributed by atoms with Gasteiger partial charge in [0.1, 0.15) is 54.9 Å². The van der Waals surface area contributed by atoms with E-state index in [4.69, 9.17) is 34.8 Å². The van der Waals surface area contributed by atoms with Gasteiger partial charge >= 0.3 is 11.8 Å². The number of hydrogen-bond donors (Lipinski definition) is 5. The Morgan fingerprint density at radius 2 is 0.798 bits per heavy atom. The highest BCUT2D eigenvalue weighted by atomic mass is 35.5. The van der Waals surface area contributed by atoms with Crippen molar-refractivity contribution in [3.05, 3.63) is 288 Å². The summed E-state index contributed by atoms with van der Waals surface area (Å²) in [5.41, 5.74) is -1.54. The summed E-state index contributed by atoms with van der Waals surface area (Å²) in [4.78, 5) is 90.5. The molecule has 0 radical (unpaired) electrons. The van der Waals surface area contributed by atoms with Crippen molar-refractivity contribution in [2.45, 2.75) is 155 Å². The summed E-state index contributed by atoms with van der Waals surface area (Å²) >= 11 is 20.2. The average Bonchev–Trinajstić information content (AvgIpc) is 0.767. The fraction of sp³-hybridized carbons (Fsp3) is 0.287. The van der Waals surface area contributed by atoms with E-state index in [0.29, 0.717) is 89.8 Å². The Morgan fingerprint density at radius 1 is 0.421 bits per heavy atom. The summed E-state index contributed by atoms with van der Waals surface area (Å²) in [6.07, 6.45) is 7.58. The molecule has 5 N–H and O–H groups in total. The molecular formula is C80H75Cl3F7N15O8S. The molecule has 114 heavy (non-hydrogen) atoms. The zero-order chi connectivity index (χ0) is 83.9. The second-order valence-corrected chi connectivity index (χ2v) is 30.7. The topological polar surface area (TPSA) is 322 Å². The van der Waals surface area contributed by atoms with Gasteiger partial charge in [-0.2, -0.15) is 17.6 Å². The van der Waals surface area contributed by atoms with Crippen molar-refractivity contribution in [2.24, 2.45) is 0 Å². The van der Waals surface area contributed by atoms with Gasteiger partial charge < -0.3 is 25.5 Å². The summed E-state index contributed by atoms with van der Waals surface area (Å²) in [7, 11) is 0. The number of hydrogen-bond acceptors (Lipinski definition) is 21. The molecule has 12 aromatic rings. The Bertz CT molecular complexity index is 5920. The van der Waals surface area contributed by atoms with Crippen molar-refractivity contribution in [1.82, 2.24) is 73.5 Å². The standard InChI is InChI=1S/2C27H25ClF3N5O3.C26H25ClFN5O2S/c1-13-8-17(29)22(34-11-13)23(37)27(30,31)16-9-15(3)36(24(38)21(16)28)20-10-19(33-12-14(20)2)18-6-7-32-25(35-18)26(4,5)39;1-13-8-17(29)22(34-11-13)27(30,31)23(37)16-9-15(3)36(24(38)21(16)28)20-10-19(33-12-14(20)2)18-6-7-32-25(35-18)26(4,5)39;1-14-8-17(28)20(30-11-14)13-36-22-9-16(3)33(24(34)23(22)27)21-10-19(31-12-15(21)2)18-6-7-29-25(32-18)26(4,5)35/h2*6-12,23,37,39H,1-5H3;6-12,35H,13H2,1-5H3. The number of pyridine rings is 9. The fourth-order valence-electron chi connectivity index (χ4n) is 11.6. The molecule has 0 saturated heterocycles. The summed E-state index contributed by atoms with van der Waals surface area (Å²) in [5, 5.41) is 50.3. The number of aryl methyl sites for hydroxylation is 9. The van der Waals surface area contributed by atoms with Crippen LogP contribution in [0.1, 0.15) is 150 Å². The number of aromatic nitrogens is 15. The van der Waals surface area contributed by atoms with Crippen LogP contribution in [0.15, 0.2) is 148 Å². The molecule has 23 nitrogen and oxygen atoms in total. The molecule has 2 unspecified atom stereocenters. The lowest BCUT2D eigenvalue weighted by Gasteiger charge is -2.25. The molecule has 0 aliphatic rings. The zero-order valence-corrected chi connectivity index (χ0v) is 66.9. The normalized spacial score (nSPS) is 12.6. The van der Waals surface area contributed by atoms with Gasteiger partial charge in [-0.25, -0.2) is 43.1 Å². The van der Waals surface area contributed by atoms with E-state index in [9.17, 15) is 53.1 Å². The first-order valence-electron chi connectivity index (χ1n) is 34.7. The molecule has 12 rings (SSSR count). The first-order chi connectivity index (χ1) is 53.2. The third kappa shape index (κ3) is 18.3. The van der Waals surface area contributed by atoms with Crippen LogP contribution in [0.5, 0.6) is 0 Å². The lowest BCUT2D eigenvalue weighted by molar-refractivity contribution is -0.123. The number of thioether (sulfide) groups is 1. The van der Waals surface area contributed by atoms with E-state index in [2.05, 4.69) is 59.8 Å². The van der Waals surface area contributed by atoms with Crippen LogP contribution in [-0.4, -0.2) is 99.0 Å². The molecule has 12 aromatic heterocycles. The molecule has 0 spiro atoms. The lowest BCUT2D eigenvalue weighted by atomic mass is 9.99. The van der Waals surface area contributed by atoms with E-state index in [1.807, 2.05) is 13.8 Å². The van der Waals surface area contributed by atoms with Crippen molar-refractivity contribution < 1.29 is 56.3 Å². The highest BCUT2D eigenvalue weighted by Gasteiger charge is 2.48. The van der Waals surface area contributed by atoms with Crippen molar-refractivity contribution in [2.75, 3.05) is 0 Å². The van der Waals surface area contributed by atoms with Gasteiger partial charge in [-0.3, -0.25) is 58.0 Å². The molecule has 0 amide bonds. The maximum atomic E-state index is 15.4. The molecule has 0 saturated carbocycles. The number of nitrogens with zero attached hydrogens (tertiary/aromatic N) is 15. The Kier molecular flexibility index (Phi) is 25.3. The van der Waals surface area contributed by atoms with Crippen molar-refractivity contribution in [3.8, 4) is 51.2 Å². The Labute approximate surface area is 667 Å². The number of aliphatic hydroxyl groups is 5. The average molecular weight is 1650 g/mol. The van der Waals surface area contributed by atoms with E-state index in [1.165, 1.54) is 113 Å². The van der Waals surface area contributed by atoms with Gasteiger partial charge in [0.25, 0.3) is 16.7 Å². The zero-order valence-electron chi connectivity index (χ0n) is 63.8. The van der Waals surface area contributed by atoms with Crippen molar-refractivity contribution in [1.29, 1.82) is 0 Å². The summed E-state index contributed by atoms with van der Waals surface area (Å²) in [6.45, 7) is 24.0. The van der Waals surface area contributed by atoms with Crippen LogP contribution in [0.3, 0.4) is 0 Å². The van der Waals surface area contributed by atoms with Crippen LogP contribution in [0, 0.1) is 79.8 Å². The van der Waals surface area contributed by atoms with Gasteiger partial charge in [-0.05, 0) is 210 Å². The Balaban J connectivity index is 0.000000181. The van der Waals surface area contributed by atoms with Crippen LogP contribution in [0.2, 0.25) is 15.1 Å². The summed E-state index contributed by atoms with van der Waals surface area (Å²) < 4.78 is 108. The highest BCUT2D eigenvalue weighted by Crippen LogP contribution is 2.45. The minimum atomic E-state index is -4.18. The third-order valence-corrected chi connectivity index (χ3v) is 19.9. The van der Waals surface area contributed by atoms with Gasteiger partial charge in [0.15, 0.2) is 35.5 Å². The van der Waals surface area contributed by atoms with E-state index >= 15 is 17.6 Å². The largest absolute Gasteiger partial charge is 0.382 e. The molecule has 12 heterocycles. The van der Waals surface area contributed by atoms with Crippen LogP contribution >= 0.6 is 46.6 Å². The molecule has 0 aromatic carbocycles. The molecule has 2 atom stereocenters. The molecule has 0 aliphatic heterocycles. The third-order valence-electron chi connectivity index (χ3n) is 17.7. The maximum Gasteiger partial charge on any atom is 0.321 e. The van der Waals surface area contributed by atoms with Gasteiger partial charge in [-0.1, -0.05) is 34.8 Å². The quantitative estimate of drug-likeness (QED) is 0.0393. The molecule has 0 fully saturated rings. The van der Waals surface area contributed by atoms with Gasteiger partial charge in [0.2, 0.25) is 0 Å². The molecular weight excluding hydrogens is 1570 g/mol. The number of rotatable bonds is 18. The number of aliphatic hydroxyl groups excluding tert-OH is 2. The predicted molar refractivity (Wildman–Crippen MR) is 416 cm³/mol. The van der Waals surface area contributed by atoms with Crippen LogP contribution in [-0.2, 0) is 34.4 Å². The van der Waals surface area contributed by atoms with E-state index in [0.717, 1.165) is 52.4 Å². The first-order valence-corrected chi connectivity index (χ1v) is 36.8. The minimum absolute atomic E-state index is 0.0437. The molecule has 0 bridgehead atoms. The summed E-state index contributed by atoms with van der Waals surface area (Å²) in [6, 6.07) is 16.9. The second kappa shape index (κ2) is 33.5. The lowest BCUT2D eigenvalue weighted by Crippen LogP contribution is -2.31. The second-order valence-electron chi connectivity index (χ2n) is 28.5. The predicted octanol–water partition coefficient (Wildman–Crippen LogP) is 15.0. The van der Waals surface area contributed by atoms with Crippen LogP contribution in [0.25, 0.3) is 51.2 Å². The fourth-order valence-corrected chi connectivity index (χ4v) is 13.4. The van der Waals surface area contributed by atoms with E-state index in [1.54, 1.807) is 89.6 Å². The minimum Gasteiger partial charge on any atom is -0.382 e. The Morgan fingerprint density at radius 3 is 1.21 bits per heavy atom.